The zero-order valence-electron chi connectivity index (χ0n) is 52.5. The lowest BCUT2D eigenvalue weighted by molar-refractivity contribution is -0.302. The summed E-state index contributed by atoms with van der Waals surface area (Å²) < 4.78 is 11.4. The Balaban J connectivity index is 2.15. The van der Waals surface area contributed by atoms with Crippen LogP contribution in [0.2, 0.25) is 0 Å². The van der Waals surface area contributed by atoms with Crippen LogP contribution in [-0.2, 0) is 14.3 Å². The van der Waals surface area contributed by atoms with Gasteiger partial charge in [-0.1, -0.05) is 317 Å². The predicted octanol–water partition coefficient (Wildman–Crippen LogP) is 18.5. The number of nitrogens with one attached hydrogen (secondary N) is 1. The molecule has 7 atom stereocenters. The first-order valence-corrected chi connectivity index (χ1v) is 34.3. The van der Waals surface area contributed by atoms with Gasteiger partial charge < -0.3 is 40.3 Å². The van der Waals surface area contributed by atoms with Gasteiger partial charge in [0.05, 0.1) is 25.4 Å². The molecular weight excluding hydrogens is 1010 g/mol. The van der Waals surface area contributed by atoms with Crippen molar-refractivity contribution < 1.29 is 39.8 Å². The summed E-state index contributed by atoms with van der Waals surface area (Å²) in [5, 5.41) is 54.9. The zero-order chi connectivity index (χ0) is 58.6. The van der Waals surface area contributed by atoms with Gasteiger partial charge in [0.25, 0.3) is 0 Å². The Hall–Kier alpha value is -2.63. The lowest BCUT2D eigenvalue weighted by Gasteiger charge is -2.40. The van der Waals surface area contributed by atoms with Crippen molar-refractivity contribution in [2.75, 3.05) is 13.2 Å². The Kier molecular flexibility index (Phi) is 57.0. The van der Waals surface area contributed by atoms with Crippen molar-refractivity contribution in [2.45, 2.75) is 352 Å². The van der Waals surface area contributed by atoms with Gasteiger partial charge >= 0.3 is 0 Å². The molecule has 9 nitrogen and oxygen atoms in total. The number of aliphatic hydroxyl groups excluding tert-OH is 5. The highest BCUT2D eigenvalue weighted by molar-refractivity contribution is 5.76. The van der Waals surface area contributed by atoms with E-state index in [1.807, 2.05) is 0 Å². The standard InChI is InChI=1S/C72H129NO8/c1-3-5-7-9-11-13-15-17-19-21-23-25-27-29-31-32-33-34-36-38-40-42-44-46-48-50-52-54-56-58-60-62-68(76)73-65(64-80-72-71(79)70(78)69(77)67(63-74)81-72)66(75)61-59-57-55-53-51-49-47-45-43-41-39-37-35-30-28-26-24-22-20-18-16-14-12-10-8-6-4-2/h5,7,11,13,17,19,23,25,29,31,33-34,38,40,65-67,69-72,74-75,77-79H,3-4,6,8-10,12,14-16,18,20-22,24,26-28,30,32,35-37,39,41-64H2,1-2H3,(H,73,76)/b7-5-,13-11-,19-17-,25-23-,31-29-,34-33-,40-38-. The van der Waals surface area contributed by atoms with E-state index in [9.17, 15) is 30.3 Å². The number of amides is 1. The minimum absolute atomic E-state index is 0.143. The van der Waals surface area contributed by atoms with Gasteiger partial charge in [0, 0.05) is 6.42 Å². The summed E-state index contributed by atoms with van der Waals surface area (Å²) in [6.07, 6.45) is 79.2. The number of carbonyl (C=O) groups is 1. The molecule has 0 bridgehead atoms. The predicted molar refractivity (Wildman–Crippen MR) is 345 cm³/mol. The fourth-order valence-corrected chi connectivity index (χ4v) is 10.7. The molecule has 1 amide bonds. The second-order valence-electron chi connectivity index (χ2n) is 23.6. The number of carbonyl (C=O) groups excluding carboxylic acids is 1. The third-order valence-electron chi connectivity index (χ3n) is 16.0. The van der Waals surface area contributed by atoms with E-state index in [4.69, 9.17) is 9.47 Å². The van der Waals surface area contributed by atoms with Crippen LogP contribution in [0, 0.1) is 0 Å². The van der Waals surface area contributed by atoms with Gasteiger partial charge in [-0.3, -0.25) is 4.79 Å². The van der Waals surface area contributed by atoms with Crippen LogP contribution in [0.1, 0.15) is 309 Å². The Morgan fingerprint density at radius 1 is 0.432 bits per heavy atom. The molecule has 0 aromatic heterocycles. The van der Waals surface area contributed by atoms with Gasteiger partial charge in [-0.2, -0.15) is 0 Å². The van der Waals surface area contributed by atoms with Gasteiger partial charge in [0.1, 0.15) is 24.4 Å². The maximum atomic E-state index is 13.1. The van der Waals surface area contributed by atoms with Crippen molar-refractivity contribution in [1.82, 2.24) is 5.32 Å². The zero-order valence-corrected chi connectivity index (χ0v) is 52.5. The van der Waals surface area contributed by atoms with Crippen LogP contribution in [-0.4, -0.2) is 87.5 Å². The first-order valence-electron chi connectivity index (χ1n) is 34.3. The molecule has 81 heavy (non-hydrogen) atoms. The van der Waals surface area contributed by atoms with E-state index in [-0.39, 0.29) is 12.5 Å². The molecular formula is C72H129NO8. The molecule has 6 N–H and O–H groups in total. The average Bonchev–Trinajstić information content (AvgIpc) is 3.47. The van der Waals surface area contributed by atoms with Crippen LogP contribution in [0.25, 0.3) is 0 Å². The molecule has 0 aromatic rings. The number of aliphatic hydroxyl groups is 5. The highest BCUT2D eigenvalue weighted by Crippen LogP contribution is 2.23. The summed E-state index contributed by atoms with van der Waals surface area (Å²) in [6.45, 7) is 3.75. The quantitative estimate of drug-likeness (QED) is 0.0261. The molecule has 0 aliphatic carbocycles. The minimum atomic E-state index is -1.56. The summed E-state index contributed by atoms with van der Waals surface area (Å²) in [5.74, 6) is -0.150. The lowest BCUT2D eigenvalue weighted by Crippen LogP contribution is -2.60. The van der Waals surface area contributed by atoms with Crippen LogP contribution in [0.3, 0.4) is 0 Å². The van der Waals surface area contributed by atoms with Crippen LogP contribution in [0.4, 0.5) is 0 Å². The second kappa shape index (κ2) is 60.5. The van der Waals surface area contributed by atoms with Crippen molar-refractivity contribution in [1.29, 1.82) is 0 Å². The molecule has 1 fully saturated rings. The van der Waals surface area contributed by atoms with E-state index in [2.05, 4.69) is 104 Å². The SMILES string of the molecule is CC/C=C\C/C=C\C/C=C\C/C=C\C/C=C\C/C=C\C/C=C\CCCCCCCCCCCC(=O)NC(COC1OC(CO)C(O)C(O)C1O)C(O)CCCCCCCCCCCCCCCCCCCCCCCCCCCCC. The Morgan fingerprint density at radius 2 is 0.765 bits per heavy atom. The molecule has 1 aliphatic heterocycles. The molecule has 7 unspecified atom stereocenters. The third kappa shape index (κ3) is 49.4. The molecule has 0 aromatic carbocycles. The number of hydrogen-bond donors (Lipinski definition) is 6. The number of unbranched alkanes of at least 4 members (excludes halogenated alkanes) is 35. The Morgan fingerprint density at radius 3 is 1.14 bits per heavy atom. The van der Waals surface area contributed by atoms with Crippen molar-refractivity contribution in [3.63, 3.8) is 0 Å². The first-order chi connectivity index (χ1) is 39.8. The van der Waals surface area contributed by atoms with Crippen molar-refractivity contribution >= 4 is 5.91 Å². The topological polar surface area (TPSA) is 149 Å². The summed E-state index contributed by atoms with van der Waals surface area (Å²) >= 11 is 0. The van der Waals surface area contributed by atoms with E-state index in [1.165, 1.54) is 193 Å². The van der Waals surface area contributed by atoms with Gasteiger partial charge in [0.15, 0.2) is 6.29 Å². The summed E-state index contributed by atoms with van der Waals surface area (Å²) in [5.41, 5.74) is 0. The molecule has 1 aliphatic rings. The highest BCUT2D eigenvalue weighted by atomic mass is 16.7. The van der Waals surface area contributed by atoms with Gasteiger partial charge in [-0.25, -0.2) is 0 Å². The summed E-state index contributed by atoms with van der Waals surface area (Å²) in [6, 6.07) is -0.730. The largest absolute Gasteiger partial charge is 0.394 e. The maximum absolute atomic E-state index is 13.1. The van der Waals surface area contributed by atoms with E-state index in [0.29, 0.717) is 12.8 Å². The van der Waals surface area contributed by atoms with E-state index >= 15 is 0 Å². The number of ether oxygens (including phenoxy) is 2. The van der Waals surface area contributed by atoms with E-state index < -0.39 is 49.5 Å². The molecule has 1 saturated heterocycles. The van der Waals surface area contributed by atoms with Crippen molar-refractivity contribution in [2.24, 2.45) is 0 Å². The monoisotopic (exact) mass is 1140 g/mol. The van der Waals surface area contributed by atoms with E-state index in [1.54, 1.807) is 0 Å². The van der Waals surface area contributed by atoms with Gasteiger partial charge in [-0.05, 0) is 70.6 Å². The molecule has 9 heteroatoms. The van der Waals surface area contributed by atoms with Gasteiger partial charge in [-0.15, -0.1) is 0 Å². The van der Waals surface area contributed by atoms with Crippen LogP contribution >= 0.6 is 0 Å². The molecule has 0 spiro atoms. The molecule has 470 valence electrons. The van der Waals surface area contributed by atoms with Crippen LogP contribution in [0.15, 0.2) is 85.1 Å². The highest BCUT2D eigenvalue weighted by Gasteiger charge is 2.44. The summed E-state index contributed by atoms with van der Waals surface area (Å²) in [4.78, 5) is 13.1. The number of allylic oxidation sites excluding steroid dienone is 14. The molecule has 0 radical (unpaired) electrons. The molecule has 1 heterocycles. The maximum Gasteiger partial charge on any atom is 0.220 e. The fraction of sp³-hybridized carbons (Fsp3) is 0.792. The molecule has 1 rings (SSSR count). The van der Waals surface area contributed by atoms with Crippen molar-refractivity contribution in [3.05, 3.63) is 85.1 Å². The number of hydrogen-bond acceptors (Lipinski definition) is 8. The van der Waals surface area contributed by atoms with Crippen molar-refractivity contribution in [3.8, 4) is 0 Å². The average molecular weight is 1140 g/mol. The second-order valence-corrected chi connectivity index (χ2v) is 23.6. The summed E-state index contributed by atoms with van der Waals surface area (Å²) in [7, 11) is 0. The smallest absolute Gasteiger partial charge is 0.220 e. The molecule has 0 saturated carbocycles. The van der Waals surface area contributed by atoms with Crippen LogP contribution in [0.5, 0.6) is 0 Å². The Labute approximate surface area is 499 Å². The van der Waals surface area contributed by atoms with Crippen LogP contribution < -0.4 is 5.32 Å². The number of rotatable bonds is 59. The fourth-order valence-electron chi connectivity index (χ4n) is 10.7. The minimum Gasteiger partial charge on any atom is -0.394 e. The third-order valence-corrected chi connectivity index (χ3v) is 16.0. The Bertz CT molecular complexity index is 1550. The first kappa shape index (κ1) is 76.4. The lowest BCUT2D eigenvalue weighted by atomic mass is 9.99. The van der Waals surface area contributed by atoms with E-state index in [0.717, 1.165) is 89.9 Å². The van der Waals surface area contributed by atoms with Gasteiger partial charge in [0.2, 0.25) is 5.91 Å². The normalized spacial score (nSPS) is 18.9.